The summed E-state index contributed by atoms with van der Waals surface area (Å²) in [5, 5.41) is 236. The van der Waals surface area contributed by atoms with Gasteiger partial charge in [0.1, 0.15) is 146 Å². The fourth-order valence-electron chi connectivity index (χ4n) is 11.1. The molecule has 6 rings (SSSR count). The van der Waals surface area contributed by atoms with E-state index in [2.05, 4.69) is 16.0 Å². The lowest BCUT2D eigenvalue weighted by atomic mass is 9.84. The predicted octanol–water partition coefficient (Wildman–Crippen LogP) is -15.4. The Labute approximate surface area is 533 Å². The van der Waals surface area contributed by atoms with Crippen molar-refractivity contribution in [2.75, 3.05) is 79.1 Å². The maximum atomic E-state index is 13.3. The number of rotatable bonds is 34. The minimum absolute atomic E-state index is 0.366. The molecule has 6 heterocycles. The quantitative estimate of drug-likeness (QED) is 0.0162. The molecule has 0 aromatic heterocycles. The molecule has 0 aliphatic carbocycles. The third-order valence-corrected chi connectivity index (χ3v) is 16.8. The molecule has 6 fully saturated rings. The van der Waals surface area contributed by atoms with Crippen molar-refractivity contribution in [2.45, 2.75) is 228 Å². The fraction of sp³-hybridized carbons (Fsp3) is 0.942. The van der Waals surface area contributed by atoms with Gasteiger partial charge in [-0.3, -0.25) is 24.5 Å². The van der Waals surface area contributed by atoms with Crippen LogP contribution in [0.2, 0.25) is 0 Å². The highest BCUT2D eigenvalue weighted by atomic mass is 16.8. The smallest absolute Gasteiger partial charge is 0.223 e. The van der Waals surface area contributed by atoms with Crippen molar-refractivity contribution in [1.29, 1.82) is 0 Å². The zero-order valence-electron chi connectivity index (χ0n) is 50.3. The number of hydrogen-bond donors (Lipinski definition) is 24. The number of ether oxygens (including phenoxy) is 12. The van der Waals surface area contributed by atoms with Crippen LogP contribution >= 0.6 is 0 Å². The maximum Gasteiger partial charge on any atom is 0.223 e. The summed E-state index contributed by atoms with van der Waals surface area (Å²) in [7, 11) is 0. The molecular weight excluding hydrogens is 1290 g/mol. The first-order valence-corrected chi connectivity index (χ1v) is 30.2. The minimum atomic E-state index is -2.20. The molecule has 42 heteroatoms. The number of nitro groups is 1. The number of amides is 3. The van der Waals surface area contributed by atoms with E-state index in [1.54, 1.807) is 0 Å². The summed E-state index contributed by atoms with van der Waals surface area (Å²) in [6.45, 7) is -7.60. The van der Waals surface area contributed by atoms with E-state index in [0.29, 0.717) is 0 Å². The van der Waals surface area contributed by atoms with E-state index in [1.165, 1.54) is 0 Å². The first-order valence-electron chi connectivity index (χ1n) is 30.2. The topological polar surface area (TPSA) is 666 Å². The zero-order chi connectivity index (χ0) is 69.5. The Hall–Kier alpha value is -3.51. The number of nitrogens with zero attached hydrogens (tertiary/aromatic N) is 1. The van der Waals surface area contributed by atoms with Crippen LogP contribution in [0.25, 0.3) is 0 Å². The molecule has 6 aliphatic heterocycles. The second-order valence-electron chi connectivity index (χ2n) is 23.2. The molecule has 94 heavy (non-hydrogen) atoms. The molecule has 24 N–H and O–H groups in total. The van der Waals surface area contributed by atoms with Crippen molar-refractivity contribution in [3.63, 3.8) is 0 Å². The van der Waals surface area contributed by atoms with Gasteiger partial charge in [0, 0.05) is 63.1 Å². The molecule has 0 aromatic carbocycles. The zero-order valence-corrected chi connectivity index (χ0v) is 50.3. The Morgan fingerprint density at radius 3 is 0.787 bits per heavy atom. The van der Waals surface area contributed by atoms with Crippen LogP contribution in [-0.2, 0) is 71.2 Å². The van der Waals surface area contributed by atoms with Gasteiger partial charge < -0.3 is 180 Å². The normalized spacial score (nSPS) is 41.4. The number of hydrogen-bond acceptors (Lipinski definition) is 38. The Morgan fingerprint density at radius 1 is 0.340 bits per heavy atom. The van der Waals surface area contributed by atoms with Gasteiger partial charge in [-0.05, 0) is 0 Å². The number of carbonyl (C=O) groups is 3. The van der Waals surface area contributed by atoms with E-state index >= 15 is 0 Å². The minimum Gasteiger partial charge on any atom is -0.394 e. The Balaban J connectivity index is 1.02. The molecule has 0 radical (unpaired) electrons. The van der Waals surface area contributed by atoms with Gasteiger partial charge in [0.2, 0.25) is 23.3 Å². The summed E-state index contributed by atoms with van der Waals surface area (Å²) >= 11 is 0. The first kappa shape index (κ1) is 79.5. The number of nitrogens with one attached hydrogen (secondary N) is 3. The second kappa shape index (κ2) is 37.1. The standard InChI is InChI=1S/C52H90N4O38/c57-13-19-28(66)31(69)37(75)49(86-19)92-43-22(16-60)89-46(40(78)34(43)72)83-10-7-53-25(63)1-4-52(56(81)82,5-2-26(64)54-8-11-84-47-41(79)35(73)44(23(17-61)90-47)93-50-38(76)32(70)29(67)20(14-58)87-50)6-3-27(65)55-9-12-85-48-42(80)36(74)45(24(18-62)91-48)94-51-39(77)33(71)30(68)21(15-59)88-51/h19-24,28-51,57-62,66-80H,1-18H2,(H,53,63)(H,54,64)(H,55,65)/t19-,20-,21-,22-,23-,24-,28+,29+,30+,31+,32+,33+,34-,35-,36-,37-,38-,39-,40-,41-,42-,43+,44+,45+,46-,47-,48-,49-,50-,51-/m1/s1. The molecule has 0 bridgehead atoms. The Kier molecular flexibility index (Phi) is 31.3. The SMILES string of the molecule is O=C(CCC(CCC(=O)NCCO[C@@H]1O[C@H](CO)[C@H](O[C@H]2O[C@H](CO)[C@H](O)[C@H](O)[C@H]2O)[C@H](O)[C@H]1O)(CCC(=O)NCCO[C@@H]1O[C@H](CO)[C@H](O[C@H]2O[C@H](CO)[C@H](O)[C@H](O)[C@H]2O)[C@H](O)[C@H]1O)[N+](=O)[O-])NCCO[C@@H]1O[C@H](CO)[C@H](O[C@H]2O[C@H](CO)[C@H](O)[C@H](O)[C@H]2O)[C@H](O)[C@H]1O. The third kappa shape index (κ3) is 19.7. The molecule has 6 saturated heterocycles. The summed E-state index contributed by atoms with van der Waals surface area (Å²) in [4.78, 5) is 52.1. The van der Waals surface area contributed by atoms with Gasteiger partial charge in [0.05, 0.1) is 59.5 Å². The number of aliphatic hydroxyl groups excluding tert-OH is 21. The van der Waals surface area contributed by atoms with Crippen LogP contribution in [0.4, 0.5) is 0 Å². The van der Waals surface area contributed by atoms with Crippen molar-refractivity contribution in [1.82, 2.24) is 16.0 Å². The molecule has 0 aromatic rings. The molecule has 42 nitrogen and oxygen atoms in total. The van der Waals surface area contributed by atoms with Crippen molar-refractivity contribution >= 4 is 17.7 Å². The Morgan fingerprint density at radius 2 is 0.564 bits per heavy atom. The van der Waals surface area contributed by atoms with Crippen molar-refractivity contribution < 1.29 is 183 Å². The average Bonchev–Trinajstić information content (AvgIpc) is 0.813. The first-order chi connectivity index (χ1) is 44.6. The van der Waals surface area contributed by atoms with Gasteiger partial charge in [-0.25, -0.2) is 0 Å². The molecular formula is C52H90N4O38. The van der Waals surface area contributed by atoms with Crippen LogP contribution in [-0.4, -0.2) is 399 Å². The van der Waals surface area contributed by atoms with E-state index in [0.717, 1.165) is 0 Å². The summed E-state index contributed by atoms with van der Waals surface area (Å²) in [6.07, 6.45) is -56.0. The van der Waals surface area contributed by atoms with Crippen LogP contribution in [0.3, 0.4) is 0 Å². The summed E-state index contributed by atoms with van der Waals surface area (Å²) in [5.41, 5.74) is -2.20. The largest absolute Gasteiger partial charge is 0.394 e. The molecule has 6 aliphatic rings. The monoisotopic (exact) mass is 1380 g/mol. The van der Waals surface area contributed by atoms with Crippen LogP contribution in [0.1, 0.15) is 38.5 Å². The van der Waals surface area contributed by atoms with E-state index < -0.39 is 310 Å². The van der Waals surface area contributed by atoms with E-state index in [4.69, 9.17) is 56.8 Å². The molecule has 3 amide bonds. The second-order valence-corrected chi connectivity index (χ2v) is 23.2. The van der Waals surface area contributed by atoms with Gasteiger partial charge in [0.15, 0.2) is 37.7 Å². The third-order valence-electron chi connectivity index (χ3n) is 16.8. The highest BCUT2D eigenvalue weighted by Gasteiger charge is 2.55. The lowest BCUT2D eigenvalue weighted by molar-refractivity contribution is -0.573. The number of aliphatic hydroxyl groups is 21. The lowest BCUT2D eigenvalue weighted by Crippen LogP contribution is -2.64. The average molecular weight is 1380 g/mol. The molecule has 0 saturated carbocycles. The summed E-state index contributed by atoms with van der Waals surface area (Å²) in [6, 6.07) is 0. The molecule has 0 unspecified atom stereocenters. The van der Waals surface area contributed by atoms with Gasteiger partial charge in [0.25, 0.3) is 0 Å². The van der Waals surface area contributed by atoms with Crippen molar-refractivity contribution in [2.24, 2.45) is 0 Å². The summed E-state index contributed by atoms with van der Waals surface area (Å²) < 4.78 is 65.6. The predicted molar refractivity (Wildman–Crippen MR) is 294 cm³/mol. The number of carbonyl (C=O) groups excluding carboxylic acids is 3. The molecule has 30 atom stereocenters. The summed E-state index contributed by atoms with van der Waals surface area (Å²) in [5.74, 6) is -2.49. The van der Waals surface area contributed by atoms with Crippen LogP contribution < -0.4 is 16.0 Å². The molecule has 546 valence electrons. The maximum absolute atomic E-state index is 13.3. The lowest BCUT2D eigenvalue weighted by Gasteiger charge is -2.45. The van der Waals surface area contributed by atoms with Gasteiger partial charge in [-0.2, -0.15) is 0 Å². The van der Waals surface area contributed by atoms with E-state index in [-0.39, 0.29) is 19.6 Å². The van der Waals surface area contributed by atoms with Crippen molar-refractivity contribution in [3.8, 4) is 0 Å². The van der Waals surface area contributed by atoms with Crippen LogP contribution in [0.5, 0.6) is 0 Å². The van der Waals surface area contributed by atoms with E-state index in [1.807, 2.05) is 0 Å². The van der Waals surface area contributed by atoms with E-state index in [9.17, 15) is 132 Å². The highest BCUT2D eigenvalue weighted by molar-refractivity contribution is 5.77. The Bertz CT molecular complexity index is 2070. The van der Waals surface area contributed by atoms with Gasteiger partial charge >= 0.3 is 0 Å². The molecule has 0 spiro atoms. The van der Waals surface area contributed by atoms with Gasteiger partial charge in [-0.1, -0.05) is 0 Å². The van der Waals surface area contributed by atoms with Gasteiger partial charge in [-0.15, -0.1) is 0 Å². The fourth-order valence-corrected chi connectivity index (χ4v) is 11.1. The van der Waals surface area contributed by atoms with Crippen LogP contribution in [0.15, 0.2) is 0 Å². The van der Waals surface area contributed by atoms with Crippen LogP contribution in [0, 0.1) is 10.1 Å². The highest BCUT2D eigenvalue weighted by Crippen LogP contribution is 2.35. The van der Waals surface area contributed by atoms with Crippen molar-refractivity contribution in [3.05, 3.63) is 10.1 Å².